The molecule has 0 aromatic carbocycles. The summed E-state index contributed by atoms with van der Waals surface area (Å²) in [5.74, 6) is -0.181. The molecule has 0 saturated heterocycles. The van der Waals surface area contributed by atoms with Crippen LogP contribution in [0.5, 0.6) is 0 Å². The van der Waals surface area contributed by atoms with E-state index in [0.717, 1.165) is 0 Å². The molecule has 4 heteroatoms. The molecule has 0 amide bonds. The summed E-state index contributed by atoms with van der Waals surface area (Å²) in [5, 5.41) is 0. The predicted octanol–water partition coefficient (Wildman–Crippen LogP) is -0.716. The van der Waals surface area contributed by atoms with Gasteiger partial charge in [-0.05, 0) is 42.3 Å². The van der Waals surface area contributed by atoms with Gasteiger partial charge in [-0.25, -0.2) is 0 Å². The van der Waals surface area contributed by atoms with Crippen LogP contribution >= 0.6 is 0 Å². The zero-order valence-corrected chi connectivity index (χ0v) is 9.13. The van der Waals surface area contributed by atoms with E-state index in [1.165, 1.54) is 0 Å². The summed E-state index contributed by atoms with van der Waals surface area (Å²) in [7, 11) is 12.2. The van der Waals surface area contributed by atoms with E-state index in [0.29, 0.717) is 6.54 Å². The molecule has 0 unspecified atom stereocenters. The van der Waals surface area contributed by atoms with Crippen molar-refractivity contribution in [3.05, 3.63) is 0 Å². The molecule has 0 aliphatic rings. The zero-order valence-electron chi connectivity index (χ0n) is 9.13. The minimum Gasteiger partial charge on any atom is -0.326 e. The van der Waals surface area contributed by atoms with Crippen LogP contribution in [0.25, 0.3) is 0 Å². The molecule has 2 N–H and O–H groups in total. The van der Waals surface area contributed by atoms with E-state index in [-0.39, 0.29) is 5.79 Å². The lowest BCUT2D eigenvalue weighted by Crippen LogP contribution is -2.68. The molecule has 0 atom stereocenters. The van der Waals surface area contributed by atoms with Gasteiger partial charge in [-0.3, -0.25) is 14.7 Å². The molecule has 0 saturated carbocycles. The van der Waals surface area contributed by atoms with Gasteiger partial charge in [0.25, 0.3) is 0 Å². The highest BCUT2D eigenvalue weighted by Gasteiger charge is 2.35. The van der Waals surface area contributed by atoms with Gasteiger partial charge in [0, 0.05) is 6.54 Å². The second kappa shape index (κ2) is 4.18. The third-order valence-corrected chi connectivity index (χ3v) is 2.42. The first-order valence-electron chi connectivity index (χ1n) is 4.12. The van der Waals surface area contributed by atoms with Crippen LogP contribution in [-0.4, -0.2) is 69.3 Å². The minimum atomic E-state index is -0.181. The molecule has 12 heavy (non-hydrogen) atoms. The third kappa shape index (κ3) is 1.77. The maximum absolute atomic E-state index is 5.79. The van der Waals surface area contributed by atoms with Crippen LogP contribution in [0, 0.1) is 0 Å². The summed E-state index contributed by atoms with van der Waals surface area (Å²) in [6.07, 6.45) is 0. The van der Waals surface area contributed by atoms with Crippen molar-refractivity contribution in [3.8, 4) is 0 Å². The van der Waals surface area contributed by atoms with Crippen molar-refractivity contribution in [2.75, 3.05) is 48.8 Å². The van der Waals surface area contributed by atoms with Crippen molar-refractivity contribution in [3.63, 3.8) is 0 Å². The summed E-state index contributed by atoms with van der Waals surface area (Å²) in [4.78, 5) is 6.35. The second-order valence-electron chi connectivity index (χ2n) is 3.66. The largest absolute Gasteiger partial charge is 0.326 e. The Morgan fingerprint density at radius 3 is 1.08 bits per heavy atom. The first kappa shape index (κ1) is 11.8. The van der Waals surface area contributed by atoms with Gasteiger partial charge in [-0.1, -0.05) is 0 Å². The summed E-state index contributed by atoms with van der Waals surface area (Å²) in [5.41, 5.74) is 5.79. The van der Waals surface area contributed by atoms with Gasteiger partial charge in [0.2, 0.25) is 0 Å². The maximum atomic E-state index is 5.79. The Labute approximate surface area is 75.9 Å². The molecular weight excluding hydrogens is 152 g/mol. The average molecular weight is 174 g/mol. The highest BCUT2D eigenvalue weighted by molar-refractivity contribution is 4.82. The molecule has 0 aromatic rings. The van der Waals surface area contributed by atoms with Crippen molar-refractivity contribution in [1.29, 1.82) is 0 Å². The zero-order chi connectivity index (χ0) is 9.94. The molecule has 0 bridgehead atoms. The van der Waals surface area contributed by atoms with Gasteiger partial charge in [0.1, 0.15) is 5.79 Å². The lowest BCUT2D eigenvalue weighted by molar-refractivity contribution is -0.0997. The molecule has 0 radical (unpaired) electrons. The SMILES string of the molecule is CN(C)C(CN)(N(C)C)N(C)C. The van der Waals surface area contributed by atoms with Crippen molar-refractivity contribution in [2.24, 2.45) is 5.73 Å². The lowest BCUT2D eigenvalue weighted by Gasteiger charge is -2.48. The Morgan fingerprint density at radius 2 is 1.08 bits per heavy atom. The molecule has 0 aliphatic heterocycles. The summed E-state index contributed by atoms with van der Waals surface area (Å²) < 4.78 is 0. The second-order valence-corrected chi connectivity index (χ2v) is 3.66. The van der Waals surface area contributed by atoms with E-state index in [4.69, 9.17) is 5.73 Å². The van der Waals surface area contributed by atoms with Gasteiger partial charge in [0.15, 0.2) is 0 Å². The van der Waals surface area contributed by atoms with Crippen molar-refractivity contribution in [1.82, 2.24) is 14.7 Å². The Balaban J connectivity index is 4.77. The van der Waals surface area contributed by atoms with Crippen LogP contribution < -0.4 is 5.73 Å². The van der Waals surface area contributed by atoms with Crippen LogP contribution in [0.3, 0.4) is 0 Å². The number of nitrogens with two attached hydrogens (primary N) is 1. The number of hydrogen-bond acceptors (Lipinski definition) is 4. The Kier molecular flexibility index (Phi) is 4.13. The molecule has 0 fully saturated rings. The van der Waals surface area contributed by atoms with Crippen molar-refractivity contribution in [2.45, 2.75) is 5.79 Å². The topological polar surface area (TPSA) is 35.7 Å². The number of rotatable bonds is 4. The summed E-state index contributed by atoms with van der Waals surface area (Å²) in [6.45, 7) is 0.583. The molecule has 0 aliphatic carbocycles. The van der Waals surface area contributed by atoms with E-state index in [2.05, 4.69) is 14.7 Å². The van der Waals surface area contributed by atoms with E-state index < -0.39 is 0 Å². The van der Waals surface area contributed by atoms with Crippen molar-refractivity contribution >= 4 is 0 Å². The van der Waals surface area contributed by atoms with Crippen LogP contribution in [0.2, 0.25) is 0 Å². The van der Waals surface area contributed by atoms with Crippen LogP contribution in [-0.2, 0) is 0 Å². The fraction of sp³-hybridized carbons (Fsp3) is 1.00. The fourth-order valence-electron chi connectivity index (χ4n) is 1.75. The van der Waals surface area contributed by atoms with Gasteiger partial charge < -0.3 is 5.73 Å². The predicted molar refractivity (Wildman–Crippen MR) is 52.8 cm³/mol. The van der Waals surface area contributed by atoms with Gasteiger partial charge >= 0.3 is 0 Å². The molecule has 0 rings (SSSR count). The highest BCUT2D eigenvalue weighted by Crippen LogP contribution is 2.15. The van der Waals surface area contributed by atoms with Crippen LogP contribution in [0.1, 0.15) is 0 Å². The average Bonchev–Trinajstić information content (AvgIpc) is 1.86. The molecule has 0 heterocycles. The Morgan fingerprint density at radius 1 is 0.833 bits per heavy atom. The van der Waals surface area contributed by atoms with E-state index >= 15 is 0 Å². The van der Waals surface area contributed by atoms with E-state index in [9.17, 15) is 0 Å². The normalized spacial score (nSPS) is 13.5. The number of nitrogens with zero attached hydrogens (tertiary/aromatic N) is 3. The first-order chi connectivity index (χ1) is 5.39. The van der Waals surface area contributed by atoms with Gasteiger partial charge in [-0.2, -0.15) is 0 Å². The molecular formula is C8H22N4. The molecule has 0 aromatic heterocycles. The molecule has 0 spiro atoms. The quantitative estimate of drug-likeness (QED) is 0.571. The Hall–Kier alpha value is -0.160. The van der Waals surface area contributed by atoms with E-state index in [1.54, 1.807) is 0 Å². The Bertz CT molecular complexity index is 109. The smallest absolute Gasteiger partial charge is 0.142 e. The summed E-state index contributed by atoms with van der Waals surface area (Å²) >= 11 is 0. The number of likely N-dealkylation sites (N-methyl/N-ethyl adjacent to an activating group) is 3. The molecule has 74 valence electrons. The van der Waals surface area contributed by atoms with Crippen molar-refractivity contribution < 1.29 is 0 Å². The fourth-order valence-corrected chi connectivity index (χ4v) is 1.75. The standard InChI is InChI=1S/C8H22N4/c1-10(2)8(7-9,11(3)4)12(5)6/h7,9H2,1-6H3. The lowest BCUT2D eigenvalue weighted by atomic mass is 10.2. The van der Waals surface area contributed by atoms with Gasteiger partial charge in [-0.15, -0.1) is 0 Å². The first-order valence-corrected chi connectivity index (χ1v) is 4.12. The number of hydrogen-bond donors (Lipinski definition) is 1. The van der Waals surface area contributed by atoms with Crippen LogP contribution in [0.15, 0.2) is 0 Å². The third-order valence-electron chi connectivity index (χ3n) is 2.42. The van der Waals surface area contributed by atoms with Crippen LogP contribution in [0.4, 0.5) is 0 Å². The summed E-state index contributed by atoms with van der Waals surface area (Å²) in [6, 6.07) is 0. The molecule has 4 nitrogen and oxygen atoms in total. The monoisotopic (exact) mass is 174 g/mol. The maximum Gasteiger partial charge on any atom is 0.142 e. The van der Waals surface area contributed by atoms with E-state index in [1.807, 2.05) is 42.3 Å². The highest BCUT2D eigenvalue weighted by atomic mass is 15.5. The minimum absolute atomic E-state index is 0.181. The van der Waals surface area contributed by atoms with Gasteiger partial charge in [0.05, 0.1) is 0 Å².